The maximum absolute atomic E-state index is 13.9. The number of amides is 1. The summed E-state index contributed by atoms with van der Waals surface area (Å²) >= 11 is 0. The lowest BCUT2D eigenvalue weighted by Crippen LogP contribution is -2.29. The van der Waals surface area contributed by atoms with Gasteiger partial charge in [-0.3, -0.25) is 14.5 Å². The van der Waals surface area contributed by atoms with Gasteiger partial charge in [0.25, 0.3) is 11.7 Å². The Morgan fingerprint density at radius 2 is 1.66 bits per heavy atom. The SMILES string of the molecule is CCOc1cc(C2/C(=C(\O)c3cc(C(C)(C)C)ccc3OC)C(=O)C(=O)N2c2cccc3ccccc23)ccc1O. The fourth-order valence-electron chi connectivity index (χ4n) is 5.29. The van der Waals surface area contributed by atoms with E-state index >= 15 is 0 Å². The number of benzene rings is 4. The summed E-state index contributed by atoms with van der Waals surface area (Å²) in [6.45, 7) is 8.23. The van der Waals surface area contributed by atoms with Gasteiger partial charge < -0.3 is 19.7 Å². The van der Waals surface area contributed by atoms with E-state index in [4.69, 9.17) is 9.47 Å². The number of fused-ring (bicyclic) bond motifs is 1. The number of ketones is 1. The molecule has 2 N–H and O–H groups in total. The molecule has 1 fully saturated rings. The van der Waals surface area contributed by atoms with Gasteiger partial charge in [0.2, 0.25) is 0 Å². The normalized spacial score (nSPS) is 16.8. The maximum atomic E-state index is 13.9. The molecule has 0 radical (unpaired) electrons. The van der Waals surface area contributed by atoms with Crippen molar-refractivity contribution in [2.45, 2.75) is 39.2 Å². The third-order valence-corrected chi connectivity index (χ3v) is 7.39. The Kier molecular flexibility index (Phi) is 7.22. The number of rotatable bonds is 6. The van der Waals surface area contributed by atoms with Crippen LogP contribution >= 0.6 is 0 Å². The first-order chi connectivity index (χ1) is 19.6. The highest BCUT2D eigenvalue weighted by Gasteiger charge is 2.48. The van der Waals surface area contributed by atoms with Crippen molar-refractivity contribution in [1.29, 1.82) is 0 Å². The van der Waals surface area contributed by atoms with Gasteiger partial charge in [-0.1, -0.05) is 69.3 Å². The minimum atomic E-state index is -1.01. The molecule has 7 heteroatoms. The molecule has 5 rings (SSSR count). The van der Waals surface area contributed by atoms with E-state index < -0.39 is 17.7 Å². The summed E-state index contributed by atoms with van der Waals surface area (Å²) in [4.78, 5) is 29.1. The average Bonchev–Trinajstić information content (AvgIpc) is 3.22. The Labute approximate surface area is 239 Å². The highest BCUT2D eigenvalue weighted by atomic mass is 16.5. The lowest BCUT2D eigenvalue weighted by atomic mass is 9.85. The van der Waals surface area contributed by atoms with Gasteiger partial charge in [-0.25, -0.2) is 0 Å². The summed E-state index contributed by atoms with van der Waals surface area (Å²) in [5, 5.41) is 24.0. The Hall–Kier alpha value is -4.78. The van der Waals surface area contributed by atoms with Crippen molar-refractivity contribution in [2.75, 3.05) is 18.6 Å². The molecule has 1 amide bonds. The molecule has 1 unspecified atom stereocenters. The van der Waals surface area contributed by atoms with E-state index in [-0.39, 0.29) is 28.2 Å². The third-order valence-electron chi connectivity index (χ3n) is 7.39. The molecule has 41 heavy (non-hydrogen) atoms. The van der Waals surface area contributed by atoms with Crippen LogP contribution in [0.15, 0.2) is 84.4 Å². The summed E-state index contributed by atoms with van der Waals surface area (Å²) in [5.41, 5.74) is 1.91. The maximum Gasteiger partial charge on any atom is 0.300 e. The van der Waals surface area contributed by atoms with Crippen molar-refractivity contribution in [3.05, 3.63) is 101 Å². The van der Waals surface area contributed by atoms with E-state index in [1.165, 1.54) is 18.1 Å². The zero-order valence-electron chi connectivity index (χ0n) is 23.8. The molecule has 0 aromatic heterocycles. The molecule has 0 bridgehead atoms. The predicted molar refractivity (Wildman–Crippen MR) is 160 cm³/mol. The van der Waals surface area contributed by atoms with Crippen LogP contribution in [-0.4, -0.2) is 35.6 Å². The van der Waals surface area contributed by atoms with E-state index in [9.17, 15) is 19.8 Å². The second-order valence-corrected chi connectivity index (χ2v) is 11.0. The molecule has 1 aliphatic rings. The van der Waals surface area contributed by atoms with Crippen LogP contribution in [0.3, 0.4) is 0 Å². The van der Waals surface area contributed by atoms with Crippen LogP contribution in [0.5, 0.6) is 17.2 Å². The highest BCUT2D eigenvalue weighted by Crippen LogP contribution is 2.46. The van der Waals surface area contributed by atoms with Gasteiger partial charge in [0, 0.05) is 5.39 Å². The number of phenolic OH excluding ortho intramolecular Hbond substituents is 1. The van der Waals surface area contributed by atoms with Crippen LogP contribution in [0, 0.1) is 0 Å². The van der Waals surface area contributed by atoms with E-state index in [1.54, 1.807) is 37.3 Å². The van der Waals surface area contributed by atoms with E-state index in [0.29, 0.717) is 29.2 Å². The molecular formula is C34H33NO6. The summed E-state index contributed by atoms with van der Waals surface area (Å²) in [7, 11) is 1.49. The van der Waals surface area contributed by atoms with Gasteiger partial charge in [-0.2, -0.15) is 0 Å². The van der Waals surface area contributed by atoms with Crippen molar-refractivity contribution in [1.82, 2.24) is 0 Å². The van der Waals surface area contributed by atoms with Gasteiger partial charge in [0.05, 0.1) is 36.6 Å². The largest absolute Gasteiger partial charge is 0.507 e. The van der Waals surface area contributed by atoms with Crippen LogP contribution in [0.2, 0.25) is 0 Å². The van der Waals surface area contributed by atoms with Gasteiger partial charge in [-0.15, -0.1) is 0 Å². The zero-order valence-corrected chi connectivity index (χ0v) is 23.8. The number of aliphatic hydroxyl groups is 1. The molecular weight excluding hydrogens is 518 g/mol. The average molecular weight is 552 g/mol. The third kappa shape index (κ3) is 4.88. The van der Waals surface area contributed by atoms with Gasteiger partial charge >= 0.3 is 0 Å². The lowest BCUT2D eigenvalue weighted by Gasteiger charge is -2.27. The van der Waals surface area contributed by atoms with E-state index in [0.717, 1.165) is 16.3 Å². The molecule has 0 saturated carbocycles. The number of hydrogen-bond donors (Lipinski definition) is 2. The van der Waals surface area contributed by atoms with Gasteiger partial charge in [-0.05, 0) is 59.2 Å². The lowest BCUT2D eigenvalue weighted by molar-refractivity contribution is -0.132. The number of methoxy groups -OCH3 is 1. The molecule has 4 aromatic rings. The molecule has 1 aliphatic heterocycles. The first kappa shape index (κ1) is 27.8. The van der Waals surface area contributed by atoms with Crippen LogP contribution in [-0.2, 0) is 15.0 Å². The van der Waals surface area contributed by atoms with Crippen LogP contribution in [0.25, 0.3) is 16.5 Å². The number of Topliss-reactive ketones (excluding diaryl/α,β-unsaturated/α-hetero) is 1. The summed E-state index contributed by atoms with van der Waals surface area (Å²) < 4.78 is 11.2. The minimum absolute atomic E-state index is 0.0720. The first-order valence-corrected chi connectivity index (χ1v) is 13.5. The second kappa shape index (κ2) is 10.7. The van der Waals surface area contributed by atoms with E-state index in [2.05, 4.69) is 0 Å². The molecule has 0 spiro atoms. The number of aromatic hydroxyl groups is 1. The topological polar surface area (TPSA) is 96.3 Å². The molecule has 0 aliphatic carbocycles. The number of aliphatic hydroxyl groups excluding tert-OH is 1. The number of anilines is 1. The van der Waals surface area contributed by atoms with E-state index in [1.807, 2.05) is 63.2 Å². The van der Waals surface area contributed by atoms with Gasteiger partial charge in [0.1, 0.15) is 11.5 Å². The van der Waals surface area contributed by atoms with Crippen molar-refractivity contribution in [2.24, 2.45) is 0 Å². The van der Waals surface area contributed by atoms with Crippen LogP contribution in [0.4, 0.5) is 5.69 Å². The molecule has 1 heterocycles. The van der Waals surface area contributed by atoms with Crippen molar-refractivity contribution >= 4 is 33.9 Å². The Balaban J connectivity index is 1.82. The van der Waals surface area contributed by atoms with Crippen LogP contribution < -0.4 is 14.4 Å². The number of phenols is 1. The predicted octanol–water partition coefficient (Wildman–Crippen LogP) is 6.88. The molecule has 7 nitrogen and oxygen atoms in total. The zero-order chi connectivity index (χ0) is 29.5. The molecule has 4 aromatic carbocycles. The number of hydrogen-bond acceptors (Lipinski definition) is 6. The summed E-state index contributed by atoms with van der Waals surface area (Å²) in [5.74, 6) is -1.44. The van der Waals surface area contributed by atoms with Crippen LogP contribution in [0.1, 0.15) is 50.4 Å². The standard InChI is InChI=1S/C34H33NO6/c1-6-41-28-18-21(14-16-26(28)36)30-29(31(37)24-19-22(34(2,3)4)15-17-27(24)40-5)32(38)33(39)35(30)25-13-9-11-20-10-7-8-12-23(20)25/h7-19,30,36-37H,6H2,1-5H3/b31-29+. The highest BCUT2D eigenvalue weighted by molar-refractivity contribution is 6.52. The van der Waals surface area contributed by atoms with Crippen molar-refractivity contribution < 1.29 is 29.3 Å². The minimum Gasteiger partial charge on any atom is -0.507 e. The number of nitrogens with zero attached hydrogens (tertiary/aromatic N) is 1. The summed E-state index contributed by atoms with van der Waals surface area (Å²) in [6.07, 6.45) is 0. The van der Waals surface area contributed by atoms with Gasteiger partial charge in [0.15, 0.2) is 11.5 Å². The summed E-state index contributed by atoms with van der Waals surface area (Å²) in [6, 6.07) is 22.3. The Bertz CT molecular complexity index is 1690. The number of ether oxygens (including phenoxy) is 2. The fraction of sp³-hybridized carbons (Fsp3) is 0.235. The number of carbonyl (C=O) groups excluding carboxylic acids is 2. The molecule has 1 saturated heterocycles. The second-order valence-electron chi connectivity index (χ2n) is 11.0. The Morgan fingerprint density at radius 3 is 2.37 bits per heavy atom. The number of carbonyl (C=O) groups is 2. The smallest absolute Gasteiger partial charge is 0.300 e. The molecule has 1 atom stereocenters. The monoisotopic (exact) mass is 551 g/mol. The Morgan fingerprint density at radius 1 is 0.927 bits per heavy atom. The molecule has 210 valence electrons. The van der Waals surface area contributed by atoms with Crippen molar-refractivity contribution in [3.63, 3.8) is 0 Å². The van der Waals surface area contributed by atoms with Crippen molar-refractivity contribution in [3.8, 4) is 17.2 Å². The quantitative estimate of drug-likeness (QED) is 0.154. The fourth-order valence-corrected chi connectivity index (χ4v) is 5.29. The first-order valence-electron chi connectivity index (χ1n) is 13.5.